The Morgan fingerprint density at radius 2 is 2.00 bits per heavy atom. The summed E-state index contributed by atoms with van der Waals surface area (Å²) in [6.45, 7) is 5.74. The quantitative estimate of drug-likeness (QED) is 0.826. The van der Waals surface area contributed by atoms with Crippen LogP contribution < -0.4 is 5.73 Å². The van der Waals surface area contributed by atoms with Crippen LogP contribution in [0.25, 0.3) is 0 Å². The van der Waals surface area contributed by atoms with E-state index in [9.17, 15) is 9.59 Å². The Labute approximate surface area is 125 Å². The van der Waals surface area contributed by atoms with Gasteiger partial charge >= 0.3 is 0 Å². The minimum Gasteiger partial charge on any atom is -0.378 e. The Kier molecular flexibility index (Phi) is 5.09. The van der Waals surface area contributed by atoms with Gasteiger partial charge in [0.1, 0.15) is 6.04 Å². The van der Waals surface area contributed by atoms with E-state index in [4.69, 9.17) is 10.5 Å². The smallest absolute Gasteiger partial charge is 0.237 e. The van der Waals surface area contributed by atoms with E-state index in [2.05, 4.69) is 13.8 Å². The van der Waals surface area contributed by atoms with Crippen LogP contribution in [0.15, 0.2) is 24.3 Å². The zero-order valence-electron chi connectivity index (χ0n) is 12.5. The van der Waals surface area contributed by atoms with E-state index in [1.165, 1.54) is 5.56 Å². The average molecular weight is 290 g/mol. The summed E-state index contributed by atoms with van der Waals surface area (Å²) < 4.78 is 5.25. The van der Waals surface area contributed by atoms with Crippen molar-refractivity contribution in [2.75, 3.05) is 26.3 Å². The molecule has 1 unspecified atom stereocenters. The number of primary amides is 1. The van der Waals surface area contributed by atoms with E-state index in [1.807, 2.05) is 24.3 Å². The fourth-order valence-electron chi connectivity index (χ4n) is 2.42. The molecule has 114 valence electrons. The number of nitrogens with two attached hydrogens (primary N) is 1. The van der Waals surface area contributed by atoms with Gasteiger partial charge in [0.15, 0.2) is 5.78 Å². The lowest BCUT2D eigenvalue weighted by Crippen LogP contribution is -2.53. The molecule has 0 radical (unpaired) electrons. The number of benzene rings is 1. The van der Waals surface area contributed by atoms with Gasteiger partial charge in [-0.25, -0.2) is 0 Å². The first kappa shape index (κ1) is 15.7. The summed E-state index contributed by atoms with van der Waals surface area (Å²) in [6, 6.07) is 7.12. The fraction of sp³-hybridized carbons (Fsp3) is 0.500. The lowest BCUT2D eigenvalue weighted by atomic mass is 10.00. The summed E-state index contributed by atoms with van der Waals surface area (Å²) in [5, 5.41) is 0. The number of Topliss-reactive ketones (excluding diaryl/α,β-unsaturated/α-hetero) is 1. The summed E-state index contributed by atoms with van der Waals surface area (Å²) in [5.74, 6) is -0.0104. The van der Waals surface area contributed by atoms with Gasteiger partial charge in [0, 0.05) is 12.1 Å². The van der Waals surface area contributed by atoms with Gasteiger partial charge in [-0.05, 0) is 11.5 Å². The maximum absolute atomic E-state index is 12.3. The summed E-state index contributed by atoms with van der Waals surface area (Å²) in [4.78, 5) is 25.5. The molecule has 0 spiro atoms. The maximum atomic E-state index is 12.3. The highest BCUT2D eigenvalue weighted by molar-refractivity contribution is 5.98. The van der Waals surface area contributed by atoms with E-state index in [0.717, 1.165) is 0 Å². The molecule has 5 nitrogen and oxygen atoms in total. The van der Waals surface area contributed by atoms with Crippen molar-refractivity contribution in [1.29, 1.82) is 0 Å². The lowest BCUT2D eigenvalue weighted by molar-refractivity contribution is -0.128. The van der Waals surface area contributed by atoms with Crippen molar-refractivity contribution >= 4 is 11.7 Å². The van der Waals surface area contributed by atoms with E-state index in [1.54, 1.807) is 4.90 Å². The molecule has 0 aliphatic carbocycles. The zero-order valence-corrected chi connectivity index (χ0v) is 12.5. The topological polar surface area (TPSA) is 72.6 Å². The van der Waals surface area contributed by atoms with Gasteiger partial charge in [0.25, 0.3) is 0 Å². The van der Waals surface area contributed by atoms with Gasteiger partial charge in [0.2, 0.25) is 5.91 Å². The number of carbonyl (C=O) groups is 2. The number of amides is 1. The van der Waals surface area contributed by atoms with Crippen LogP contribution >= 0.6 is 0 Å². The SMILES string of the molecule is CC(C)c1ccc(C(=O)CN2CCOCC2C(N)=O)cc1. The third kappa shape index (κ3) is 3.89. The predicted octanol–water partition coefficient (Wildman–Crippen LogP) is 1.18. The molecule has 1 aliphatic heterocycles. The van der Waals surface area contributed by atoms with Crippen LogP contribution in [-0.2, 0) is 9.53 Å². The molecule has 2 N–H and O–H groups in total. The fourth-order valence-corrected chi connectivity index (χ4v) is 2.42. The lowest BCUT2D eigenvalue weighted by Gasteiger charge is -2.32. The van der Waals surface area contributed by atoms with Gasteiger partial charge in [-0.2, -0.15) is 0 Å². The minimum absolute atomic E-state index is 0.00143. The van der Waals surface area contributed by atoms with Crippen LogP contribution in [0.4, 0.5) is 0 Å². The van der Waals surface area contributed by atoms with E-state index in [0.29, 0.717) is 24.6 Å². The first-order valence-corrected chi connectivity index (χ1v) is 7.23. The Morgan fingerprint density at radius 1 is 1.33 bits per heavy atom. The van der Waals surface area contributed by atoms with Gasteiger partial charge in [-0.1, -0.05) is 38.1 Å². The molecule has 1 fully saturated rings. The monoisotopic (exact) mass is 290 g/mol. The van der Waals surface area contributed by atoms with E-state index in [-0.39, 0.29) is 18.9 Å². The normalized spacial score (nSPS) is 19.7. The zero-order chi connectivity index (χ0) is 15.4. The van der Waals surface area contributed by atoms with Gasteiger partial charge < -0.3 is 10.5 Å². The Morgan fingerprint density at radius 3 is 2.57 bits per heavy atom. The highest BCUT2D eigenvalue weighted by Crippen LogP contribution is 2.16. The summed E-state index contributed by atoms with van der Waals surface area (Å²) in [7, 11) is 0. The molecular weight excluding hydrogens is 268 g/mol. The molecule has 1 aliphatic rings. The Hall–Kier alpha value is -1.72. The number of hydrogen-bond acceptors (Lipinski definition) is 4. The molecule has 1 aromatic carbocycles. The summed E-state index contributed by atoms with van der Waals surface area (Å²) in [5.41, 5.74) is 7.22. The average Bonchev–Trinajstić information content (AvgIpc) is 2.47. The van der Waals surface area contributed by atoms with Crippen molar-refractivity contribution in [3.63, 3.8) is 0 Å². The second kappa shape index (κ2) is 6.83. The molecular formula is C16H22N2O3. The third-order valence-corrected chi connectivity index (χ3v) is 3.81. The van der Waals surface area contributed by atoms with Crippen LogP contribution in [0.5, 0.6) is 0 Å². The van der Waals surface area contributed by atoms with Gasteiger partial charge in [-0.3, -0.25) is 14.5 Å². The van der Waals surface area contributed by atoms with E-state index < -0.39 is 11.9 Å². The van der Waals surface area contributed by atoms with Gasteiger partial charge in [0.05, 0.1) is 19.8 Å². The van der Waals surface area contributed by atoms with Crippen LogP contribution in [0.3, 0.4) is 0 Å². The van der Waals surface area contributed by atoms with Crippen LogP contribution in [0, 0.1) is 0 Å². The number of carbonyl (C=O) groups excluding carboxylic acids is 2. The largest absolute Gasteiger partial charge is 0.378 e. The number of nitrogens with zero attached hydrogens (tertiary/aromatic N) is 1. The molecule has 5 heteroatoms. The Bertz CT molecular complexity index is 511. The van der Waals surface area contributed by atoms with Gasteiger partial charge in [-0.15, -0.1) is 0 Å². The van der Waals surface area contributed by atoms with Crippen molar-refractivity contribution in [2.24, 2.45) is 5.73 Å². The first-order valence-electron chi connectivity index (χ1n) is 7.23. The number of hydrogen-bond donors (Lipinski definition) is 1. The van der Waals surface area contributed by atoms with Crippen molar-refractivity contribution in [3.05, 3.63) is 35.4 Å². The molecule has 1 amide bonds. The van der Waals surface area contributed by atoms with Crippen molar-refractivity contribution in [3.8, 4) is 0 Å². The Balaban J connectivity index is 2.04. The molecule has 0 bridgehead atoms. The molecule has 0 aromatic heterocycles. The maximum Gasteiger partial charge on any atom is 0.237 e. The number of rotatable bonds is 5. The number of ether oxygens (including phenoxy) is 1. The van der Waals surface area contributed by atoms with Crippen LogP contribution in [0.2, 0.25) is 0 Å². The molecule has 1 saturated heterocycles. The molecule has 1 heterocycles. The van der Waals surface area contributed by atoms with Crippen molar-refractivity contribution in [2.45, 2.75) is 25.8 Å². The first-order chi connectivity index (χ1) is 9.99. The molecule has 0 saturated carbocycles. The predicted molar refractivity (Wildman–Crippen MR) is 80.2 cm³/mol. The summed E-state index contributed by atoms with van der Waals surface area (Å²) in [6.07, 6.45) is 0. The second-order valence-corrected chi connectivity index (χ2v) is 5.66. The van der Waals surface area contributed by atoms with Crippen molar-refractivity contribution < 1.29 is 14.3 Å². The molecule has 2 rings (SSSR count). The second-order valence-electron chi connectivity index (χ2n) is 5.66. The highest BCUT2D eigenvalue weighted by atomic mass is 16.5. The van der Waals surface area contributed by atoms with Crippen LogP contribution in [0.1, 0.15) is 35.7 Å². The molecule has 21 heavy (non-hydrogen) atoms. The molecule has 1 atom stereocenters. The van der Waals surface area contributed by atoms with Crippen LogP contribution in [-0.4, -0.2) is 48.9 Å². The van der Waals surface area contributed by atoms with Crippen molar-refractivity contribution in [1.82, 2.24) is 4.90 Å². The number of ketones is 1. The molecule has 1 aromatic rings. The minimum atomic E-state index is -0.516. The highest BCUT2D eigenvalue weighted by Gasteiger charge is 2.29. The third-order valence-electron chi connectivity index (χ3n) is 3.81. The number of morpholine rings is 1. The standard InChI is InChI=1S/C16H22N2O3/c1-11(2)12-3-5-13(6-4-12)15(19)9-18-7-8-21-10-14(18)16(17)20/h3-6,11,14H,7-10H2,1-2H3,(H2,17,20). The van der Waals surface area contributed by atoms with E-state index >= 15 is 0 Å². The summed E-state index contributed by atoms with van der Waals surface area (Å²) >= 11 is 0.